The van der Waals surface area contributed by atoms with Crippen molar-refractivity contribution >= 4 is 45.9 Å². The molecule has 166 valence electrons. The van der Waals surface area contributed by atoms with Crippen molar-refractivity contribution in [3.8, 4) is 0 Å². The van der Waals surface area contributed by atoms with Crippen LogP contribution in [0.4, 0.5) is 10.9 Å². The Balaban J connectivity index is 1.28. The lowest BCUT2D eigenvalue weighted by molar-refractivity contribution is -0.113. The number of hydrogen-bond acceptors (Lipinski definition) is 7. The Morgan fingerprint density at radius 3 is 2.61 bits per heavy atom. The molecule has 1 saturated heterocycles. The first kappa shape index (κ1) is 20.8. The molecule has 0 radical (unpaired) electrons. The zero-order chi connectivity index (χ0) is 21.4. The standard InChI is InChI=1S/C21H28N6O2S2/c22-18(29)17-14-6-2-3-7-15(14)31-19(17)23-16(28)12-30-21-25-24-20(27(21)13-8-9-13)26-10-4-1-5-11-26/h13H,1-12H2,(H2,22,29)(H,23,28). The van der Waals surface area contributed by atoms with E-state index in [9.17, 15) is 9.59 Å². The third-order valence-electron chi connectivity index (χ3n) is 6.20. The molecule has 1 aliphatic heterocycles. The monoisotopic (exact) mass is 460 g/mol. The van der Waals surface area contributed by atoms with Crippen molar-refractivity contribution in [2.75, 3.05) is 29.1 Å². The number of nitrogens with zero attached hydrogens (tertiary/aromatic N) is 4. The van der Waals surface area contributed by atoms with E-state index in [4.69, 9.17) is 5.73 Å². The number of piperidine rings is 1. The number of thioether (sulfide) groups is 1. The van der Waals surface area contributed by atoms with Gasteiger partial charge in [-0.15, -0.1) is 21.5 Å². The summed E-state index contributed by atoms with van der Waals surface area (Å²) in [6.45, 7) is 2.05. The highest BCUT2D eigenvalue weighted by Crippen LogP contribution is 2.41. The van der Waals surface area contributed by atoms with E-state index in [1.807, 2.05) is 0 Å². The lowest BCUT2D eigenvalue weighted by Crippen LogP contribution is -2.32. The second-order valence-electron chi connectivity index (χ2n) is 8.55. The molecule has 3 N–H and O–H groups in total. The van der Waals surface area contributed by atoms with Crippen molar-refractivity contribution in [1.29, 1.82) is 0 Å². The first-order valence-electron chi connectivity index (χ1n) is 11.2. The van der Waals surface area contributed by atoms with Crippen molar-refractivity contribution < 1.29 is 9.59 Å². The number of thiophene rings is 1. The molecule has 10 heteroatoms. The minimum Gasteiger partial charge on any atom is -0.365 e. The number of rotatable bonds is 7. The number of aromatic nitrogens is 3. The first-order valence-corrected chi connectivity index (χ1v) is 13.0. The first-order chi connectivity index (χ1) is 15.1. The molecule has 2 amide bonds. The fraction of sp³-hybridized carbons (Fsp3) is 0.619. The predicted molar refractivity (Wildman–Crippen MR) is 123 cm³/mol. The number of carbonyl (C=O) groups is 2. The molecule has 0 atom stereocenters. The number of anilines is 2. The minimum absolute atomic E-state index is 0.143. The van der Waals surface area contributed by atoms with Crippen LogP contribution in [0.1, 0.15) is 71.8 Å². The summed E-state index contributed by atoms with van der Waals surface area (Å²) in [6, 6.07) is 0.447. The molecular formula is C21H28N6O2S2. The number of amides is 2. The summed E-state index contributed by atoms with van der Waals surface area (Å²) in [5.41, 5.74) is 7.18. The lowest BCUT2D eigenvalue weighted by atomic mass is 9.95. The number of carbonyl (C=O) groups excluding carboxylic acids is 2. The van der Waals surface area contributed by atoms with Gasteiger partial charge < -0.3 is 16.0 Å². The smallest absolute Gasteiger partial charge is 0.251 e. The highest BCUT2D eigenvalue weighted by Gasteiger charge is 2.32. The van der Waals surface area contributed by atoms with Gasteiger partial charge in [0.1, 0.15) is 5.00 Å². The number of fused-ring (bicyclic) bond motifs is 1. The van der Waals surface area contributed by atoms with Crippen LogP contribution in [0.25, 0.3) is 0 Å². The number of primary amides is 1. The molecule has 0 spiro atoms. The zero-order valence-corrected chi connectivity index (χ0v) is 19.2. The van der Waals surface area contributed by atoms with E-state index in [0.717, 1.165) is 68.3 Å². The molecule has 3 heterocycles. The summed E-state index contributed by atoms with van der Waals surface area (Å²) in [6.07, 6.45) is 9.92. The number of nitrogens with two attached hydrogens (primary N) is 1. The quantitative estimate of drug-likeness (QED) is 0.614. The summed E-state index contributed by atoms with van der Waals surface area (Å²) in [5.74, 6) is 0.580. The molecule has 1 saturated carbocycles. The summed E-state index contributed by atoms with van der Waals surface area (Å²) in [7, 11) is 0. The van der Waals surface area contributed by atoms with Crippen LogP contribution < -0.4 is 16.0 Å². The highest BCUT2D eigenvalue weighted by molar-refractivity contribution is 7.99. The summed E-state index contributed by atoms with van der Waals surface area (Å²) < 4.78 is 2.22. The molecule has 3 aliphatic rings. The molecular weight excluding hydrogens is 432 g/mol. The second-order valence-corrected chi connectivity index (χ2v) is 10.6. The van der Waals surface area contributed by atoms with Gasteiger partial charge in [-0.05, 0) is 63.4 Å². The highest BCUT2D eigenvalue weighted by atomic mass is 32.2. The SMILES string of the molecule is NC(=O)c1c(NC(=O)CSc2nnc(N3CCCCC3)n2C2CC2)sc2c1CCCC2. The molecule has 0 aromatic carbocycles. The summed E-state index contributed by atoms with van der Waals surface area (Å²) in [5, 5.41) is 13.2. The van der Waals surface area contributed by atoms with Crippen molar-refractivity contribution in [2.45, 2.75) is 69.0 Å². The molecule has 31 heavy (non-hydrogen) atoms. The Hall–Kier alpha value is -2.07. The maximum absolute atomic E-state index is 12.7. The van der Waals surface area contributed by atoms with E-state index in [-0.39, 0.29) is 11.7 Å². The molecule has 8 nitrogen and oxygen atoms in total. The van der Waals surface area contributed by atoms with E-state index in [2.05, 4.69) is 25.0 Å². The van der Waals surface area contributed by atoms with E-state index >= 15 is 0 Å². The maximum atomic E-state index is 12.7. The molecule has 0 unspecified atom stereocenters. The fourth-order valence-electron chi connectivity index (χ4n) is 4.54. The van der Waals surface area contributed by atoms with E-state index in [1.54, 1.807) is 0 Å². The van der Waals surface area contributed by atoms with Gasteiger partial charge in [0.05, 0.1) is 11.3 Å². The molecule has 2 aliphatic carbocycles. The Labute approximate surface area is 190 Å². The van der Waals surface area contributed by atoms with Crippen molar-refractivity contribution in [3.63, 3.8) is 0 Å². The van der Waals surface area contributed by atoms with Crippen LogP contribution in [0.2, 0.25) is 0 Å². The fourth-order valence-corrected chi connectivity index (χ4v) is 6.65. The molecule has 0 bridgehead atoms. The van der Waals surface area contributed by atoms with Gasteiger partial charge in [-0.25, -0.2) is 0 Å². The number of aryl methyl sites for hydroxylation is 1. The van der Waals surface area contributed by atoms with Crippen LogP contribution in [0.5, 0.6) is 0 Å². The average Bonchev–Trinajstić information content (AvgIpc) is 3.41. The van der Waals surface area contributed by atoms with E-state index in [0.29, 0.717) is 16.6 Å². The Bertz CT molecular complexity index is 990. The number of hydrogen-bond donors (Lipinski definition) is 2. The molecule has 2 aromatic rings. The molecule has 5 rings (SSSR count). The van der Waals surface area contributed by atoms with Gasteiger partial charge in [0, 0.05) is 24.0 Å². The van der Waals surface area contributed by atoms with Gasteiger partial charge in [0.2, 0.25) is 11.9 Å². The minimum atomic E-state index is -0.456. The summed E-state index contributed by atoms with van der Waals surface area (Å²) >= 11 is 2.92. The molecule has 2 aromatic heterocycles. The van der Waals surface area contributed by atoms with Crippen molar-refractivity contribution in [2.24, 2.45) is 5.73 Å². The van der Waals surface area contributed by atoms with Gasteiger partial charge in [-0.2, -0.15) is 0 Å². The Kier molecular flexibility index (Phi) is 5.92. The predicted octanol–water partition coefficient (Wildman–Crippen LogP) is 3.37. The average molecular weight is 461 g/mol. The largest absolute Gasteiger partial charge is 0.365 e. The number of nitrogens with one attached hydrogen (secondary N) is 1. The van der Waals surface area contributed by atoms with E-state index < -0.39 is 5.91 Å². The van der Waals surface area contributed by atoms with Crippen LogP contribution >= 0.6 is 23.1 Å². The van der Waals surface area contributed by atoms with Gasteiger partial charge in [-0.1, -0.05) is 11.8 Å². The van der Waals surface area contributed by atoms with Gasteiger partial charge >= 0.3 is 0 Å². The van der Waals surface area contributed by atoms with Crippen LogP contribution in [0.15, 0.2) is 5.16 Å². The zero-order valence-electron chi connectivity index (χ0n) is 17.6. The summed E-state index contributed by atoms with van der Waals surface area (Å²) in [4.78, 5) is 28.3. The van der Waals surface area contributed by atoms with Crippen LogP contribution in [-0.2, 0) is 17.6 Å². The van der Waals surface area contributed by atoms with Crippen LogP contribution in [0.3, 0.4) is 0 Å². The van der Waals surface area contributed by atoms with Crippen LogP contribution in [0, 0.1) is 0 Å². The van der Waals surface area contributed by atoms with Crippen molar-refractivity contribution in [3.05, 3.63) is 16.0 Å². The molecule has 2 fully saturated rings. The van der Waals surface area contributed by atoms with Crippen LogP contribution in [-0.4, -0.2) is 45.4 Å². The Morgan fingerprint density at radius 2 is 1.87 bits per heavy atom. The van der Waals surface area contributed by atoms with Crippen molar-refractivity contribution in [1.82, 2.24) is 14.8 Å². The van der Waals surface area contributed by atoms with Gasteiger partial charge in [0.25, 0.3) is 5.91 Å². The van der Waals surface area contributed by atoms with E-state index in [1.165, 1.54) is 47.2 Å². The Morgan fingerprint density at radius 1 is 1.10 bits per heavy atom. The third kappa shape index (κ3) is 4.32. The maximum Gasteiger partial charge on any atom is 0.251 e. The normalized spacial score (nSPS) is 18.6. The second kappa shape index (κ2) is 8.82. The third-order valence-corrected chi connectivity index (χ3v) is 8.35. The topological polar surface area (TPSA) is 106 Å². The van der Waals surface area contributed by atoms with Gasteiger partial charge in [-0.3, -0.25) is 14.2 Å². The van der Waals surface area contributed by atoms with Gasteiger partial charge in [0.15, 0.2) is 5.16 Å². The lowest BCUT2D eigenvalue weighted by Gasteiger charge is -2.27.